The lowest BCUT2D eigenvalue weighted by Crippen LogP contribution is -2.40. The zero-order valence-corrected chi connectivity index (χ0v) is 12.0. The van der Waals surface area contributed by atoms with Crippen molar-refractivity contribution in [3.63, 3.8) is 0 Å². The van der Waals surface area contributed by atoms with Crippen molar-refractivity contribution in [1.29, 1.82) is 0 Å². The van der Waals surface area contributed by atoms with Crippen LogP contribution in [-0.4, -0.2) is 27.9 Å². The van der Waals surface area contributed by atoms with E-state index in [1.165, 1.54) is 11.1 Å². The van der Waals surface area contributed by atoms with Gasteiger partial charge in [-0.1, -0.05) is 22.9 Å². The van der Waals surface area contributed by atoms with E-state index in [0.717, 1.165) is 24.4 Å². The quantitative estimate of drug-likeness (QED) is 0.757. The molecular weight excluding hydrogens is 298 g/mol. The number of rotatable bonds is 1. The number of aromatic nitrogens is 2. The number of nitrogens with zero attached hydrogens (tertiary/aromatic N) is 3. The molecule has 2 atom stereocenters. The van der Waals surface area contributed by atoms with E-state index in [9.17, 15) is 0 Å². The van der Waals surface area contributed by atoms with E-state index < -0.39 is 0 Å². The van der Waals surface area contributed by atoms with Gasteiger partial charge in [-0.05, 0) is 23.8 Å². The van der Waals surface area contributed by atoms with Crippen LogP contribution in [0, 0.1) is 5.92 Å². The molecule has 0 aliphatic carbocycles. The summed E-state index contributed by atoms with van der Waals surface area (Å²) in [7, 11) is 0. The fraction of sp³-hybridized carbons (Fsp3) is 0.500. The summed E-state index contributed by atoms with van der Waals surface area (Å²) >= 11 is 5.47. The number of thiophene rings is 1. The predicted molar refractivity (Wildman–Crippen MR) is 76.1 cm³/mol. The van der Waals surface area contributed by atoms with Crippen LogP contribution in [-0.2, 0) is 0 Å². The summed E-state index contributed by atoms with van der Waals surface area (Å²) in [5.74, 6) is 1.77. The van der Waals surface area contributed by atoms with Crippen LogP contribution in [0.3, 0.4) is 0 Å². The maximum atomic E-state index is 4.47. The number of hydrogen-bond donors (Lipinski definition) is 0. The highest BCUT2D eigenvalue weighted by molar-refractivity contribution is 9.09. The topological polar surface area (TPSA) is 29.0 Å². The molecule has 3 heterocycles. The Kier molecular flexibility index (Phi) is 3.04. The van der Waals surface area contributed by atoms with Gasteiger partial charge in [0.05, 0.1) is 10.2 Å². The monoisotopic (exact) mass is 311 g/mol. The van der Waals surface area contributed by atoms with Crippen LogP contribution in [0.2, 0.25) is 0 Å². The Bertz CT molecular complexity index is 527. The minimum Gasteiger partial charge on any atom is -0.355 e. The molecule has 0 bridgehead atoms. The van der Waals surface area contributed by atoms with Crippen LogP contribution in [0.4, 0.5) is 5.82 Å². The minimum absolute atomic E-state index is 0.638. The molecule has 17 heavy (non-hydrogen) atoms. The number of fused-ring (bicyclic) bond motifs is 1. The van der Waals surface area contributed by atoms with Crippen LogP contribution < -0.4 is 4.90 Å². The first kappa shape index (κ1) is 11.4. The molecule has 1 aliphatic rings. The van der Waals surface area contributed by atoms with Crippen molar-refractivity contribution in [3.8, 4) is 0 Å². The van der Waals surface area contributed by atoms with E-state index >= 15 is 0 Å². The summed E-state index contributed by atoms with van der Waals surface area (Å²) in [5.41, 5.74) is 1.06. The Morgan fingerprint density at radius 3 is 3.18 bits per heavy atom. The fourth-order valence-corrected chi connectivity index (χ4v) is 3.54. The van der Waals surface area contributed by atoms with Crippen molar-refractivity contribution in [2.75, 3.05) is 18.0 Å². The van der Waals surface area contributed by atoms with Crippen LogP contribution >= 0.6 is 27.3 Å². The largest absolute Gasteiger partial charge is 0.355 e. The normalized spacial score (nSPS) is 25.4. The maximum Gasteiger partial charge on any atom is 0.150 e. The van der Waals surface area contributed by atoms with Gasteiger partial charge in [0.15, 0.2) is 0 Å². The van der Waals surface area contributed by atoms with Gasteiger partial charge in [-0.3, -0.25) is 0 Å². The van der Waals surface area contributed by atoms with Gasteiger partial charge in [-0.2, -0.15) is 0 Å². The van der Waals surface area contributed by atoms with Gasteiger partial charge >= 0.3 is 0 Å². The molecule has 0 radical (unpaired) electrons. The van der Waals surface area contributed by atoms with E-state index in [4.69, 9.17) is 0 Å². The average Bonchev–Trinajstić information content (AvgIpc) is 2.80. The van der Waals surface area contributed by atoms with Crippen molar-refractivity contribution >= 4 is 43.3 Å². The molecule has 2 unspecified atom stereocenters. The number of halogens is 1. The second-order valence-electron chi connectivity index (χ2n) is 4.56. The van der Waals surface area contributed by atoms with E-state index in [1.807, 2.05) is 0 Å². The molecular formula is C12H14BrN3S. The van der Waals surface area contributed by atoms with Gasteiger partial charge in [-0.25, -0.2) is 9.97 Å². The number of alkyl halides is 1. The maximum absolute atomic E-state index is 4.47. The molecule has 90 valence electrons. The highest BCUT2D eigenvalue weighted by Crippen LogP contribution is 2.32. The van der Waals surface area contributed by atoms with Crippen molar-refractivity contribution in [3.05, 3.63) is 17.8 Å². The Hall–Kier alpha value is -0.680. The summed E-state index contributed by atoms with van der Waals surface area (Å²) < 4.78 is 1.22. The first-order chi connectivity index (χ1) is 8.25. The summed E-state index contributed by atoms with van der Waals surface area (Å²) in [6, 6.07) is 2.06. The molecule has 2 aromatic heterocycles. The summed E-state index contributed by atoms with van der Waals surface area (Å²) in [6.45, 7) is 4.43. The SMILES string of the molecule is CC1CN(c2ncnc3ccsc23)CCC1Br. The summed E-state index contributed by atoms with van der Waals surface area (Å²) in [5, 5.41) is 2.09. The fourth-order valence-electron chi connectivity index (χ4n) is 2.31. The summed E-state index contributed by atoms with van der Waals surface area (Å²) in [6.07, 6.45) is 2.85. The number of piperidine rings is 1. The van der Waals surface area contributed by atoms with Crippen LogP contribution in [0.15, 0.2) is 17.8 Å². The highest BCUT2D eigenvalue weighted by atomic mass is 79.9. The summed E-state index contributed by atoms with van der Waals surface area (Å²) in [4.78, 5) is 11.8. The third kappa shape index (κ3) is 2.06. The van der Waals surface area contributed by atoms with Crippen molar-refractivity contribution in [1.82, 2.24) is 9.97 Å². The predicted octanol–water partition coefficient (Wildman–Crippen LogP) is 3.30. The van der Waals surface area contributed by atoms with Gasteiger partial charge in [0.2, 0.25) is 0 Å². The Morgan fingerprint density at radius 1 is 1.47 bits per heavy atom. The number of hydrogen-bond acceptors (Lipinski definition) is 4. The lowest BCUT2D eigenvalue weighted by Gasteiger charge is -2.35. The molecule has 0 amide bonds. The van der Waals surface area contributed by atoms with Gasteiger partial charge in [-0.15, -0.1) is 11.3 Å². The molecule has 5 heteroatoms. The van der Waals surface area contributed by atoms with E-state index in [-0.39, 0.29) is 0 Å². The van der Waals surface area contributed by atoms with E-state index in [2.05, 4.69) is 49.2 Å². The second kappa shape index (κ2) is 4.53. The molecule has 0 saturated carbocycles. The first-order valence-electron chi connectivity index (χ1n) is 5.83. The Balaban J connectivity index is 1.96. The van der Waals surface area contributed by atoms with Crippen molar-refractivity contribution < 1.29 is 0 Å². The Labute approximate surface area is 113 Å². The minimum atomic E-state index is 0.638. The molecule has 1 aliphatic heterocycles. The molecule has 2 aromatic rings. The van der Waals surface area contributed by atoms with Crippen molar-refractivity contribution in [2.24, 2.45) is 5.92 Å². The molecule has 3 rings (SSSR count). The van der Waals surface area contributed by atoms with Gasteiger partial charge in [0, 0.05) is 17.9 Å². The zero-order chi connectivity index (χ0) is 11.8. The standard InChI is InChI=1S/C12H14BrN3S/c1-8-6-16(4-2-9(8)13)12-11-10(3-5-17-11)14-7-15-12/h3,5,7-9H,2,4,6H2,1H3. The lowest BCUT2D eigenvalue weighted by molar-refractivity contribution is 0.464. The van der Waals surface area contributed by atoms with Crippen LogP contribution in [0.5, 0.6) is 0 Å². The van der Waals surface area contributed by atoms with Crippen LogP contribution in [0.1, 0.15) is 13.3 Å². The first-order valence-corrected chi connectivity index (χ1v) is 7.62. The molecule has 1 saturated heterocycles. The smallest absolute Gasteiger partial charge is 0.150 e. The Morgan fingerprint density at radius 2 is 2.35 bits per heavy atom. The third-order valence-electron chi connectivity index (χ3n) is 3.32. The molecule has 1 fully saturated rings. The zero-order valence-electron chi connectivity index (χ0n) is 9.64. The van der Waals surface area contributed by atoms with Gasteiger partial charge in [0.1, 0.15) is 12.1 Å². The molecule has 3 nitrogen and oxygen atoms in total. The van der Waals surface area contributed by atoms with E-state index in [1.54, 1.807) is 17.7 Å². The highest BCUT2D eigenvalue weighted by Gasteiger charge is 2.25. The third-order valence-corrected chi connectivity index (χ3v) is 5.58. The second-order valence-corrected chi connectivity index (χ2v) is 6.65. The lowest BCUT2D eigenvalue weighted by atomic mass is 10.0. The van der Waals surface area contributed by atoms with Gasteiger partial charge < -0.3 is 4.90 Å². The van der Waals surface area contributed by atoms with Crippen molar-refractivity contribution in [2.45, 2.75) is 18.2 Å². The van der Waals surface area contributed by atoms with Crippen LogP contribution in [0.25, 0.3) is 10.2 Å². The molecule has 0 spiro atoms. The average molecular weight is 312 g/mol. The van der Waals surface area contributed by atoms with E-state index in [0.29, 0.717) is 10.7 Å². The molecule has 0 aromatic carbocycles. The number of anilines is 1. The van der Waals surface area contributed by atoms with Gasteiger partial charge in [0.25, 0.3) is 0 Å². The molecule has 0 N–H and O–H groups in total.